The number of terminal acetylenes is 1. The smallest absolute Gasteiger partial charge is 0.125 e. The van der Waals surface area contributed by atoms with Crippen molar-refractivity contribution in [1.82, 2.24) is 10.4 Å². The van der Waals surface area contributed by atoms with Crippen LogP contribution in [0.4, 0.5) is 0 Å². The van der Waals surface area contributed by atoms with Crippen molar-refractivity contribution in [1.29, 1.82) is 0 Å². The maximum atomic E-state index is 5.23. The predicted octanol–water partition coefficient (Wildman–Crippen LogP) is 0.982. The van der Waals surface area contributed by atoms with Gasteiger partial charge in [-0.05, 0) is 28.1 Å². The average molecular weight is 226 g/mol. The molecule has 1 heterocycles. The van der Waals surface area contributed by atoms with Crippen LogP contribution in [0, 0.1) is 12.3 Å². The number of hydrogen-bond acceptors (Lipinski definition) is 3. The van der Waals surface area contributed by atoms with Gasteiger partial charge in [0.15, 0.2) is 0 Å². The Labute approximate surface area is 79.5 Å². The van der Waals surface area contributed by atoms with Crippen LogP contribution in [-0.2, 0) is 0 Å². The predicted molar refractivity (Wildman–Crippen MR) is 50.8 cm³/mol. The zero-order valence-electron chi connectivity index (χ0n) is 6.29. The van der Waals surface area contributed by atoms with Crippen LogP contribution in [0.25, 0.3) is 0 Å². The SMILES string of the molecule is C#CC(NN)c1ncccc1Br. The lowest BCUT2D eigenvalue weighted by molar-refractivity contribution is 0.653. The second kappa shape index (κ2) is 4.21. The van der Waals surface area contributed by atoms with E-state index in [2.05, 4.69) is 32.3 Å². The van der Waals surface area contributed by atoms with Crippen LogP contribution < -0.4 is 11.3 Å². The molecule has 3 N–H and O–H groups in total. The Bertz CT molecular complexity index is 305. The Morgan fingerprint density at radius 2 is 2.50 bits per heavy atom. The van der Waals surface area contributed by atoms with Gasteiger partial charge in [0.2, 0.25) is 0 Å². The molecule has 0 aliphatic heterocycles. The van der Waals surface area contributed by atoms with E-state index in [0.29, 0.717) is 0 Å². The second-order valence-corrected chi connectivity index (χ2v) is 2.99. The molecule has 1 aromatic rings. The normalized spacial score (nSPS) is 12.1. The van der Waals surface area contributed by atoms with E-state index in [-0.39, 0.29) is 6.04 Å². The molecular weight excluding hydrogens is 218 g/mol. The quantitative estimate of drug-likeness (QED) is 0.449. The van der Waals surface area contributed by atoms with Gasteiger partial charge in [-0.2, -0.15) is 0 Å². The highest BCUT2D eigenvalue weighted by Crippen LogP contribution is 2.19. The average Bonchev–Trinajstić information content (AvgIpc) is 2.10. The van der Waals surface area contributed by atoms with Gasteiger partial charge < -0.3 is 0 Å². The van der Waals surface area contributed by atoms with Crippen LogP contribution in [0.2, 0.25) is 0 Å². The van der Waals surface area contributed by atoms with E-state index in [0.717, 1.165) is 10.2 Å². The minimum absolute atomic E-state index is 0.347. The van der Waals surface area contributed by atoms with Gasteiger partial charge in [0, 0.05) is 10.7 Å². The molecule has 0 amide bonds. The van der Waals surface area contributed by atoms with Gasteiger partial charge in [-0.25, -0.2) is 5.43 Å². The zero-order valence-corrected chi connectivity index (χ0v) is 7.88. The van der Waals surface area contributed by atoms with Crippen molar-refractivity contribution in [2.45, 2.75) is 6.04 Å². The largest absolute Gasteiger partial charge is 0.270 e. The third-order valence-corrected chi connectivity index (χ3v) is 2.06. The Kier molecular flexibility index (Phi) is 3.23. The van der Waals surface area contributed by atoms with Crippen molar-refractivity contribution in [3.05, 3.63) is 28.5 Å². The van der Waals surface area contributed by atoms with E-state index in [4.69, 9.17) is 12.3 Å². The molecule has 12 heavy (non-hydrogen) atoms. The summed E-state index contributed by atoms with van der Waals surface area (Å²) < 4.78 is 0.853. The van der Waals surface area contributed by atoms with Crippen LogP contribution in [0.1, 0.15) is 11.7 Å². The molecular formula is C8H8BrN3. The minimum Gasteiger partial charge on any atom is -0.270 e. The first-order valence-electron chi connectivity index (χ1n) is 3.32. The van der Waals surface area contributed by atoms with Gasteiger partial charge in [-0.3, -0.25) is 10.8 Å². The summed E-state index contributed by atoms with van der Waals surface area (Å²) in [5.41, 5.74) is 3.20. The van der Waals surface area contributed by atoms with Gasteiger partial charge in [0.1, 0.15) is 6.04 Å². The summed E-state index contributed by atoms with van der Waals surface area (Å²) in [6.07, 6.45) is 6.90. The van der Waals surface area contributed by atoms with E-state index >= 15 is 0 Å². The van der Waals surface area contributed by atoms with Gasteiger partial charge >= 0.3 is 0 Å². The Morgan fingerprint density at radius 3 is 3.00 bits per heavy atom. The highest BCUT2D eigenvalue weighted by atomic mass is 79.9. The number of hydrazine groups is 1. The molecule has 0 aliphatic rings. The third kappa shape index (κ3) is 1.83. The summed E-state index contributed by atoms with van der Waals surface area (Å²) in [6, 6.07) is 3.34. The second-order valence-electron chi connectivity index (χ2n) is 2.14. The summed E-state index contributed by atoms with van der Waals surface area (Å²) in [6.45, 7) is 0. The third-order valence-electron chi connectivity index (χ3n) is 1.39. The van der Waals surface area contributed by atoms with Crippen LogP contribution in [-0.4, -0.2) is 4.98 Å². The van der Waals surface area contributed by atoms with Crippen molar-refractivity contribution >= 4 is 15.9 Å². The standard InChI is InChI=1S/C8H8BrN3/c1-2-7(12-10)8-6(9)4-3-5-11-8/h1,3-5,7,12H,10H2. The minimum atomic E-state index is -0.347. The number of nitrogens with two attached hydrogens (primary N) is 1. The van der Waals surface area contributed by atoms with Gasteiger partial charge in [-0.15, -0.1) is 6.42 Å². The molecule has 0 saturated carbocycles. The highest BCUT2D eigenvalue weighted by Gasteiger charge is 2.09. The van der Waals surface area contributed by atoms with E-state index in [1.165, 1.54) is 0 Å². The first kappa shape index (κ1) is 9.20. The lowest BCUT2D eigenvalue weighted by atomic mass is 10.2. The number of rotatable bonds is 2. The number of nitrogens with one attached hydrogen (secondary N) is 1. The molecule has 3 nitrogen and oxygen atoms in total. The fourth-order valence-corrected chi connectivity index (χ4v) is 1.30. The molecule has 4 heteroatoms. The fraction of sp³-hybridized carbons (Fsp3) is 0.125. The summed E-state index contributed by atoms with van der Waals surface area (Å²) >= 11 is 3.32. The summed E-state index contributed by atoms with van der Waals surface area (Å²) in [4.78, 5) is 4.09. The maximum Gasteiger partial charge on any atom is 0.125 e. The molecule has 0 radical (unpaired) electrons. The molecule has 1 rings (SSSR count). The molecule has 0 spiro atoms. The molecule has 1 atom stereocenters. The lowest BCUT2D eigenvalue weighted by Crippen LogP contribution is -2.27. The van der Waals surface area contributed by atoms with Crippen molar-refractivity contribution in [2.24, 2.45) is 5.84 Å². The van der Waals surface area contributed by atoms with E-state index in [9.17, 15) is 0 Å². The molecule has 0 aromatic carbocycles. The molecule has 0 aliphatic carbocycles. The van der Waals surface area contributed by atoms with Crippen LogP contribution in [0.3, 0.4) is 0 Å². The van der Waals surface area contributed by atoms with Gasteiger partial charge in [0.25, 0.3) is 0 Å². The molecule has 0 fully saturated rings. The Hall–Kier alpha value is -0.890. The van der Waals surface area contributed by atoms with Crippen molar-refractivity contribution in [3.63, 3.8) is 0 Å². The first-order valence-corrected chi connectivity index (χ1v) is 4.11. The zero-order chi connectivity index (χ0) is 8.97. The number of halogens is 1. The summed E-state index contributed by atoms with van der Waals surface area (Å²) in [5.74, 6) is 7.71. The van der Waals surface area contributed by atoms with Gasteiger partial charge in [0.05, 0.1) is 5.69 Å². The Morgan fingerprint density at radius 1 is 1.75 bits per heavy atom. The van der Waals surface area contributed by atoms with Crippen LogP contribution >= 0.6 is 15.9 Å². The molecule has 1 aromatic heterocycles. The van der Waals surface area contributed by atoms with Crippen LogP contribution in [0.15, 0.2) is 22.8 Å². The molecule has 0 saturated heterocycles. The van der Waals surface area contributed by atoms with E-state index in [1.54, 1.807) is 6.20 Å². The first-order chi connectivity index (χ1) is 5.79. The molecule has 1 unspecified atom stereocenters. The van der Waals surface area contributed by atoms with Crippen LogP contribution in [0.5, 0.6) is 0 Å². The molecule has 62 valence electrons. The van der Waals surface area contributed by atoms with E-state index in [1.807, 2.05) is 12.1 Å². The number of aromatic nitrogens is 1. The lowest BCUT2D eigenvalue weighted by Gasteiger charge is -2.09. The number of hydrogen-bond donors (Lipinski definition) is 2. The maximum absolute atomic E-state index is 5.23. The van der Waals surface area contributed by atoms with Crippen molar-refractivity contribution < 1.29 is 0 Å². The summed E-state index contributed by atoms with van der Waals surface area (Å²) in [5, 5.41) is 0. The van der Waals surface area contributed by atoms with Crippen molar-refractivity contribution in [2.75, 3.05) is 0 Å². The molecule has 0 bridgehead atoms. The van der Waals surface area contributed by atoms with Crippen molar-refractivity contribution in [3.8, 4) is 12.3 Å². The number of nitrogens with zero attached hydrogens (tertiary/aromatic N) is 1. The monoisotopic (exact) mass is 225 g/mol. The highest BCUT2D eigenvalue weighted by molar-refractivity contribution is 9.10. The van der Waals surface area contributed by atoms with E-state index < -0.39 is 0 Å². The topological polar surface area (TPSA) is 50.9 Å². The summed E-state index contributed by atoms with van der Waals surface area (Å²) in [7, 11) is 0. The van der Waals surface area contributed by atoms with Gasteiger partial charge in [-0.1, -0.05) is 5.92 Å². The number of pyridine rings is 1. The Balaban J connectivity index is 3.02. The fourth-order valence-electron chi connectivity index (χ4n) is 0.816.